The van der Waals surface area contributed by atoms with Crippen molar-refractivity contribution in [2.75, 3.05) is 5.32 Å². The van der Waals surface area contributed by atoms with Crippen molar-refractivity contribution in [2.24, 2.45) is 0 Å². The summed E-state index contributed by atoms with van der Waals surface area (Å²) in [5, 5.41) is 14.7. The predicted octanol–water partition coefficient (Wildman–Crippen LogP) is 7.66. The quantitative estimate of drug-likeness (QED) is 0.107. The van der Waals surface area contributed by atoms with Crippen molar-refractivity contribution in [1.29, 1.82) is 0 Å². The van der Waals surface area contributed by atoms with E-state index < -0.39 is 47.9 Å². The topological polar surface area (TPSA) is 70.3 Å². The zero-order chi connectivity index (χ0) is 31.4. The number of rotatable bonds is 11. The monoisotopic (exact) mass is 609 g/mol. The van der Waals surface area contributed by atoms with Crippen LogP contribution in [-0.4, -0.2) is 18.2 Å². The largest absolute Gasteiger partial charge is 0.619 e. The van der Waals surface area contributed by atoms with Crippen LogP contribution in [0.4, 0.5) is 36.6 Å². The van der Waals surface area contributed by atoms with Crippen LogP contribution in [-0.2, 0) is 18.1 Å². The molecule has 6 nitrogen and oxygen atoms in total. The van der Waals surface area contributed by atoms with Crippen LogP contribution in [0.5, 0.6) is 11.5 Å². The minimum Gasteiger partial charge on any atom is -0.619 e. The number of halogens is 7. The first-order chi connectivity index (χ1) is 20.2. The lowest BCUT2D eigenvalue weighted by Crippen LogP contribution is -2.28. The summed E-state index contributed by atoms with van der Waals surface area (Å²) < 4.78 is 100. The van der Waals surface area contributed by atoms with Crippen LogP contribution >= 0.6 is 0 Å². The molecule has 228 valence electrons. The molecule has 0 bridgehead atoms. The summed E-state index contributed by atoms with van der Waals surface area (Å²) in [6, 6.07) is 15.0. The Morgan fingerprint density at radius 3 is 1.93 bits per heavy atom. The Labute approximate surface area is 242 Å². The molecule has 0 spiro atoms. The Kier molecular flexibility index (Phi) is 9.31. The highest BCUT2D eigenvalue weighted by atomic mass is 19.4. The molecule has 4 aromatic rings. The Bertz CT molecular complexity index is 1500. The number of nitrogens with one attached hydrogen (secondary N) is 1. The Morgan fingerprint density at radius 2 is 1.37 bits per heavy atom. The smallest absolute Gasteiger partial charge is 0.416 e. The van der Waals surface area contributed by atoms with Gasteiger partial charge in [0.25, 0.3) is 0 Å². The molecule has 0 aliphatic carbocycles. The molecule has 0 aliphatic heterocycles. The zero-order valence-electron chi connectivity index (χ0n) is 22.8. The molecule has 1 atom stereocenters. The van der Waals surface area contributed by atoms with Crippen LogP contribution in [0.15, 0.2) is 85.3 Å². The van der Waals surface area contributed by atoms with Gasteiger partial charge in [-0.25, -0.2) is 4.98 Å². The number of hydrogen-bond acceptors (Lipinski definition) is 5. The average molecular weight is 610 g/mol. The normalized spacial score (nSPS) is 12.8. The number of pyridine rings is 2. The number of aromatic nitrogens is 2. The molecule has 2 heterocycles. The second-order valence-corrected chi connectivity index (χ2v) is 10.1. The van der Waals surface area contributed by atoms with Crippen molar-refractivity contribution in [1.82, 2.24) is 4.98 Å². The first-order valence-electron chi connectivity index (χ1n) is 12.8. The molecule has 1 N–H and O–H groups in total. The maximum absolute atomic E-state index is 13.1. The van der Waals surface area contributed by atoms with Gasteiger partial charge in [0.2, 0.25) is 0 Å². The predicted molar refractivity (Wildman–Crippen MR) is 143 cm³/mol. The summed E-state index contributed by atoms with van der Waals surface area (Å²) in [5.74, 6) is -1.28. The van der Waals surface area contributed by atoms with Crippen molar-refractivity contribution in [3.63, 3.8) is 0 Å². The van der Waals surface area contributed by atoms with Gasteiger partial charge >= 0.3 is 19.4 Å². The molecule has 0 amide bonds. The number of benzene rings is 2. The molecule has 0 saturated heterocycles. The molecule has 43 heavy (non-hydrogen) atoms. The van der Waals surface area contributed by atoms with Gasteiger partial charge in [0.1, 0.15) is 5.82 Å². The maximum Gasteiger partial charge on any atom is 0.416 e. The van der Waals surface area contributed by atoms with Gasteiger partial charge < -0.3 is 20.0 Å². The van der Waals surface area contributed by atoms with Gasteiger partial charge in [-0.15, -0.1) is 0 Å². The Balaban J connectivity index is 1.64. The van der Waals surface area contributed by atoms with Gasteiger partial charge in [-0.1, -0.05) is 24.3 Å². The number of nitrogens with zero attached hydrogens (tertiary/aromatic N) is 2. The van der Waals surface area contributed by atoms with Crippen molar-refractivity contribution in [3.8, 4) is 11.5 Å². The van der Waals surface area contributed by atoms with Crippen molar-refractivity contribution < 1.29 is 44.9 Å². The fourth-order valence-corrected chi connectivity index (χ4v) is 4.52. The summed E-state index contributed by atoms with van der Waals surface area (Å²) in [6.45, 7) is -3.00. The number of anilines is 1. The average Bonchev–Trinajstić information content (AvgIpc) is 2.93. The highest BCUT2D eigenvalue weighted by molar-refractivity contribution is 5.48. The minimum absolute atomic E-state index is 0.273. The van der Waals surface area contributed by atoms with E-state index in [4.69, 9.17) is 0 Å². The first-order valence-corrected chi connectivity index (χ1v) is 12.8. The lowest BCUT2D eigenvalue weighted by atomic mass is 9.86. The Morgan fingerprint density at radius 1 is 0.791 bits per heavy atom. The number of ether oxygens (including phenoxy) is 2. The number of alkyl halides is 7. The van der Waals surface area contributed by atoms with Gasteiger partial charge in [0, 0.05) is 24.2 Å². The summed E-state index contributed by atoms with van der Waals surface area (Å²) in [5.41, 5.74) is 0.761. The molecular formula is C30H26F7N3O3. The molecule has 0 aliphatic rings. The lowest BCUT2D eigenvalue weighted by Gasteiger charge is -2.28. The molecule has 0 saturated carbocycles. The molecule has 2 aromatic carbocycles. The van der Waals surface area contributed by atoms with Crippen LogP contribution in [0.1, 0.15) is 47.6 Å². The van der Waals surface area contributed by atoms with Gasteiger partial charge in [0.15, 0.2) is 23.9 Å². The van der Waals surface area contributed by atoms with E-state index in [9.17, 15) is 35.9 Å². The molecule has 13 heteroatoms. The third kappa shape index (κ3) is 8.27. The molecule has 2 aromatic heterocycles. The highest BCUT2D eigenvalue weighted by Gasteiger charge is 2.31. The van der Waals surface area contributed by atoms with Crippen LogP contribution in [0.3, 0.4) is 0 Å². The van der Waals surface area contributed by atoms with E-state index in [1.165, 1.54) is 42.9 Å². The Hall–Kier alpha value is -4.55. The van der Waals surface area contributed by atoms with E-state index in [0.29, 0.717) is 32.8 Å². The van der Waals surface area contributed by atoms with E-state index in [1.807, 2.05) is 0 Å². The molecular weight excluding hydrogens is 583 g/mol. The van der Waals surface area contributed by atoms with Crippen molar-refractivity contribution in [3.05, 3.63) is 118 Å². The van der Waals surface area contributed by atoms with Gasteiger partial charge in [-0.2, -0.15) is 35.5 Å². The van der Waals surface area contributed by atoms with Crippen LogP contribution < -0.4 is 19.5 Å². The van der Waals surface area contributed by atoms with E-state index >= 15 is 0 Å². The highest BCUT2D eigenvalue weighted by Crippen LogP contribution is 2.37. The third-order valence-corrected chi connectivity index (χ3v) is 6.68. The van der Waals surface area contributed by atoms with E-state index in [-0.39, 0.29) is 6.42 Å². The van der Waals surface area contributed by atoms with E-state index in [1.54, 1.807) is 38.1 Å². The maximum atomic E-state index is 13.1. The van der Waals surface area contributed by atoms with Gasteiger partial charge in [0.05, 0.1) is 11.1 Å². The zero-order valence-corrected chi connectivity index (χ0v) is 22.8. The standard InChI is InChI=1S/C30H26F7N3O3/c1-29(2,21-5-7-22(8-6-21)30(35,36)37)39-26-10-4-20(17-38-26)23(15-18-11-13-40(41)14-12-18)19-3-9-24(42-27(31)32)25(16-19)43-28(33)34/h3-14,16-17,23,27-28H,15H2,1-2H3,(H,38,39). The fourth-order valence-electron chi connectivity index (χ4n) is 4.52. The summed E-state index contributed by atoms with van der Waals surface area (Å²) >= 11 is 0. The van der Waals surface area contributed by atoms with Crippen molar-refractivity contribution in [2.45, 2.75) is 51.1 Å². The van der Waals surface area contributed by atoms with Crippen molar-refractivity contribution >= 4 is 5.82 Å². The minimum atomic E-state index is -4.46. The number of hydrogen-bond donors (Lipinski definition) is 1. The van der Waals surface area contributed by atoms with E-state index in [0.717, 1.165) is 18.2 Å². The van der Waals surface area contributed by atoms with Gasteiger partial charge in [-0.3, -0.25) is 0 Å². The first kappa shape index (κ1) is 31.4. The summed E-state index contributed by atoms with van der Waals surface area (Å²) in [7, 11) is 0. The SMILES string of the molecule is CC(C)(Nc1ccc(C(Cc2cc[n+]([O-])cc2)c2ccc(OC(F)F)c(OC(F)F)c2)cn1)c1ccc(C(F)(F)F)cc1. The summed E-state index contributed by atoms with van der Waals surface area (Å²) in [4.78, 5) is 4.46. The van der Waals surface area contributed by atoms with Crippen LogP contribution in [0, 0.1) is 5.21 Å². The van der Waals surface area contributed by atoms with Gasteiger partial charge in [-0.05, 0) is 72.9 Å². The summed E-state index contributed by atoms with van der Waals surface area (Å²) in [6.07, 6.45) is -0.0560. The van der Waals surface area contributed by atoms with Crippen LogP contribution in [0.25, 0.3) is 0 Å². The fraction of sp³-hybridized carbons (Fsp3) is 0.267. The molecule has 0 radical (unpaired) electrons. The molecule has 4 rings (SSSR count). The van der Waals surface area contributed by atoms with Crippen LogP contribution in [0.2, 0.25) is 0 Å². The second kappa shape index (κ2) is 12.8. The second-order valence-electron chi connectivity index (χ2n) is 10.1. The lowest BCUT2D eigenvalue weighted by molar-refractivity contribution is -0.605. The molecule has 0 fully saturated rings. The van der Waals surface area contributed by atoms with E-state index in [2.05, 4.69) is 19.8 Å². The molecule has 1 unspecified atom stereocenters. The third-order valence-electron chi connectivity index (χ3n) is 6.68.